The summed E-state index contributed by atoms with van der Waals surface area (Å²) in [6.45, 7) is 2.51. The Balaban J connectivity index is 1.32. The zero-order valence-corrected chi connectivity index (χ0v) is 16.3. The van der Waals surface area contributed by atoms with E-state index in [1.54, 1.807) is 18.6 Å². The molecule has 1 aliphatic rings. The zero-order valence-electron chi connectivity index (χ0n) is 16.3. The Morgan fingerprint density at radius 1 is 1.17 bits per heavy atom. The molecule has 6 heteroatoms. The zero-order chi connectivity index (χ0) is 19.9. The van der Waals surface area contributed by atoms with Crippen LogP contribution in [0.15, 0.2) is 67.3 Å². The molecule has 0 saturated carbocycles. The lowest BCUT2D eigenvalue weighted by Crippen LogP contribution is -2.24. The van der Waals surface area contributed by atoms with Crippen LogP contribution >= 0.6 is 0 Å². The van der Waals surface area contributed by atoms with Gasteiger partial charge in [-0.3, -0.25) is 4.79 Å². The normalized spacial score (nSPS) is 15.9. The highest BCUT2D eigenvalue weighted by atomic mass is 16.5. The van der Waals surface area contributed by atoms with Crippen molar-refractivity contribution in [3.05, 3.63) is 83.9 Å². The average molecular weight is 391 g/mol. The fourth-order valence-electron chi connectivity index (χ4n) is 3.37. The van der Waals surface area contributed by atoms with Gasteiger partial charge in [-0.05, 0) is 36.1 Å². The van der Waals surface area contributed by atoms with Crippen LogP contribution in [-0.4, -0.2) is 34.8 Å². The minimum atomic E-state index is -0.143. The van der Waals surface area contributed by atoms with E-state index in [1.807, 2.05) is 41.1 Å². The molecular weight excluding hydrogens is 366 g/mol. The second-order valence-corrected chi connectivity index (χ2v) is 7.18. The molecular formula is C23H25N3O3. The van der Waals surface area contributed by atoms with E-state index in [0.29, 0.717) is 24.5 Å². The standard InChI is InChI=1S/C23H25N3O3/c27-23(21-5-1-2-6-22(21)29-16-20-4-3-13-28-20)25-14-18-7-9-19(10-8-18)15-26-12-11-24-17-26/h1-2,5-12,17,20H,3-4,13-16H2,(H,25,27). The van der Waals surface area contributed by atoms with Gasteiger partial charge in [0.15, 0.2) is 0 Å². The van der Waals surface area contributed by atoms with Gasteiger partial charge in [0.2, 0.25) is 0 Å². The second-order valence-electron chi connectivity index (χ2n) is 7.18. The van der Waals surface area contributed by atoms with Gasteiger partial charge >= 0.3 is 0 Å². The summed E-state index contributed by atoms with van der Waals surface area (Å²) >= 11 is 0. The molecule has 1 amide bonds. The lowest BCUT2D eigenvalue weighted by Gasteiger charge is -2.14. The van der Waals surface area contributed by atoms with Crippen LogP contribution in [0.5, 0.6) is 5.75 Å². The molecule has 4 rings (SSSR count). The van der Waals surface area contributed by atoms with E-state index in [9.17, 15) is 4.79 Å². The Morgan fingerprint density at radius 2 is 2.00 bits per heavy atom. The molecule has 1 atom stereocenters. The molecule has 1 fully saturated rings. The van der Waals surface area contributed by atoms with E-state index in [0.717, 1.165) is 31.6 Å². The third-order valence-electron chi connectivity index (χ3n) is 4.98. The number of para-hydroxylation sites is 1. The molecule has 1 N–H and O–H groups in total. The number of nitrogens with zero attached hydrogens (tertiary/aromatic N) is 2. The number of amides is 1. The maximum absolute atomic E-state index is 12.7. The van der Waals surface area contributed by atoms with Crippen LogP contribution in [0.4, 0.5) is 0 Å². The van der Waals surface area contributed by atoms with Crippen LogP contribution in [0.1, 0.15) is 34.3 Å². The summed E-state index contributed by atoms with van der Waals surface area (Å²) in [4.78, 5) is 16.7. The lowest BCUT2D eigenvalue weighted by molar-refractivity contribution is 0.0670. The van der Waals surface area contributed by atoms with Crippen molar-refractivity contribution in [2.75, 3.05) is 13.2 Å². The molecule has 1 aromatic heterocycles. The topological polar surface area (TPSA) is 65.4 Å². The summed E-state index contributed by atoms with van der Waals surface area (Å²) in [5.74, 6) is 0.451. The quantitative estimate of drug-likeness (QED) is 0.639. The third-order valence-corrected chi connectivity index (χ3v) is 4.98. The first kappa shape index (κ1) is 19.2. The number of imidazole rings is 1. The molecule has 2 aromatic carbocycles. The van der Waals surface area contributed by atoms with Crippen molar-refractivity contribution < 1.29 is 14.3 Å². The van der Waals surface area contributed by atoms with E-state index in [-0.39, 0.29) is 12.0 Å². The predicted molar refractivity (Wildman–Crippen MR) is 110 cm³/mol. The monoisotopic (exact) mass is 391 g/mol. The summed E-state index contributed by atoms with van der Waals surface area (Å²) < 4.78 is 13.5. The van der Waals surface area contributed by atoms with Crippen LogP contribution < -0.4 is 10.1 Å². The molecule has 0 bridgehead atoms. The molecule has 29 heavy (non-hydrogen) atoms. The smallest absolute Gasteiger partial charge is 0.255 e. The van der Waals surface area contributed by atoms with Gasteiger partial charge in [-0.1, -0.05) is 36.4 Å². The minimum absolute atomic E-state index is 0.118. The Morgan fingerprint density at radius 3 is 2.76 bits per heavy atom. The summed E-state index contributed by atoms with van der Waals surface area (Å²) in [5.41, 5.74) is 2.78. The van der Waals surface area contributed by atoms with E-state index in [2.05, 4.69) is 22.4 Å². The molecule has 0 radical (unpaired) electrons. The molecule has 6 nitrogen and oxygen atoms in total. The van der Waals surface area contributed by atoms with Gasteiger partial charge < -0.3 is 19.4 Å². The number of nitrogens with one attached hydrogen (secondary N) is 1. The lowest BCUT2D eigenvalue weighted by atomic mass is 10.1. The van der Waals surface area contributed by atoms with Crippen molar-refractivity contribution >= 4 is 5.91 Å². The first-order valence-electron chi connectivity index (χ1n) is 9.93. The van der Waals surface area contributed by atoms with Gasteiger partial charge in [0.25, 0.3) is 5.91 Å². The number of ether oxygens (including phenoxy) is 2. The summed E-state index contributed by atoms with van der Waals surface area (Å²) in [6, 6.07) is 15.5. The van der Waals surface area contributed by atoms with Crippen LogP contribution in [0.25, 0.3) is 0 Å². The van der Waals surface area contributed by atoms with Crippen molar-refractivity contribution in [2.24, 2.45) is 0 Å². The molecule has 3 aromatic rings. The molecule has 2 heterocycles. The van der Waals surface area contributed by atoms with E-state index in [1.165, 1.54) is 5.56 Å². The molecule has 0 aliphatic carbocycles. The number of carbonyl (C=O) groups excluding carboxylic acids is 1. The Labute approximate surface area is 170 Å². The maximum atomic E-state index is 12.7. The van der Waals surface area contributed by atoms with Gasteiger partial charge in [0.05, 0.1) is 18.0 Å². The van der Waals surface area contributed by atoms with Crippen LogP contribution in [0.2, 0.25) is 0 Å². The number of aromatic nitrogens is 2. The SMILES string of the molecule is O=C(NCc1ccc(Cn2ccnc2)cc1)c1ccccc1OCC1CCCO1. The summed E-state index contributed by atoms with van der Waals surface area (Å²) in [5, 5.41) is 2.98. The predicted octanol–water partition coefficient (Wildman–Crippen LogP) is 3.42. The van der Waals surface area contributed by atoms with Gasteiger partial charge in [0, 0.05) is 32.1 Å². The molecule has 1 unspecified atom stereocenters. The van der Waals surface area contributed by atoms with E-state index < -0.39 is 0 Å². The highest BCUT2D eigenvalue weighted by Gasteiger charge is 2.18. The Hall–Kier alpha value is -3.12. The highest BCUT2D eigenvalue weighted by Crippen LogP contribution is 2.20. The van der Waals surface area contributed by atoms with Crippen molar-refractivity contribution in [3.63, 3.8) is 0 Å². The van der Waals surface area contributed by atoms with Crippen molar-refractivity contribution in [2.45, 2.75) is 32.0 Å². The molecule has 150 valence electrons. The maximum Gasteiger partial charge on any atom is 0.255 e. The first-order chi connectivity index (χ1) is 14.3. The minimum Gasteiger partial charge on any atom is -0.490 e. The number of benzene rings is 2. The largest absolute Gasteiger partial charge is 0.490 e. The third kappa shape index (κ3) is 5.23. The average Bonchev–Trinajstić information content (AvgIpc) is 3.46. The van der Waals surface area contributed by atoms with Gasteiger partial charge in [-0.15, -0.1) is 0 Å². The fraction of sp³-hybridized carbons (Fsp3) is 0.304. The number of hydrogen-bond acceptors (Lipinski definition) is 4. The number of rotatable bonds is 8. The van der Waals surface area contributed by atoms with Crippen LogP contribution in [0.3, 0.4) is 0 Å². The van der Waals surface area contributed by atoms with Crippen molar-refractivity contribution in [3.8, 4) is 5.75 Å². The Kier molecular flexibility index (Phi) is 6.22. The summed E-state index contributed by atoms with van der Waals surface area (Å²) in [7, 11) is 0. The molecule has 0 spiro atoms. The van der Waals surface area contributed by atoms with Crippen molar-refractivity contribution in [1.29, 1.82) is 0 Å². The van der Waals surface area contributed by atoms with Gasteiger partial charge in [0.1, 0.15) is 12.4 Å². The second kappa shape index (κ2) is 9.39. The Bertz CT molecular complexity index is 917. The van der Waals surface area contributed by atoms with Crippen molar-refractivity contribution in [1.82, 2.24) is 14.9 Å². The number of carbonyl (C=O) groups is 1. The number of hydrogen-bond donors (Lipinski definition) is 1. The van der Waals surface area contributed by atoms with Gasteiger partial charge in [-0.2, -0.15) is 0 Å². The molecule has 1 aliphatic heterocycles. The summed E-state index contributed by atoms with van der Waals surface area (Å²) in [6.07, 6.45) is 7.69. The first-order valence-corrected chi connectivity index (χ1v) is 9.93. The van der Waals surface area contributed by atoms with Crippen LogP contribution in [0, 0.1) is 0 Å². The van der Waals surface area contributed by atoms with Gasteiger partial charge in [-0.25, -0.2) is 4.98 Å². The molecule has 1 saturated heterocycles. The van der Waals surface area contributed by atoms with E-state index in [4.69, 9.17) is 9.47 Å². The highest BCUT2D eigenvalue weighted by molar-refractivity contribution is 5.96. The van der Waals surface area contributed by atoms with E-state index >= 15 is 0 Å². The van der Waals surface area contributed by atoms with Crippen LogP contribution in [-0.2, 0) is 17.8 Å². The fourth-order valence-corrected chi connectivity index (χ4v) is 3.37.